The summed E-state index contributed by atoms with van der Waals surface area (Å²) in [5.41, 5.74) is 0.790. The average molecular weight is 424 g/mol. The SMILES string of the molecule is COc1ccc(Cn2c(C3CCCOC3)nnc2N2CCOCC2)cc1OC(F)F. The third-order valence-corrected chi connectivity index (χ3v) is 5.36. The number of ether oxygens (including phenoxy) is 4. The lowest BCUT2D eigenvalue weighted by Gasteiger charge is -2.29. The van der Waals surface area contributed by atoms with E-state index in [9.17, 15) is 8.78 Å². The van der Waals surface area contributed by atoms with Crippen LogP contribution in [0.25, 0.3) is 0 Å². The Bertz CT molecular complexity index is 801. The van der Waals surface area contributed by atoms with Crippen molar-refractivity contribution in [2.24, 2.45) is 0 Å². The lowest BCUT2D eigenvalue weighted by Crippen LogP contribution is -2.38. The Kier molecular flexibility index (Phi) is 6.63. The van der Waals surface area contributed by atoms with Crippen LogP contribution >= 0.6 is 0 Å². The summed E-state index contributed by atoms with van der Waals surface area (Å²) in [5, 5.41) is 8.96. The number of hydrogen-bond acceptors (Lipinski definition) is 7. The van der Waals surface area contributed by atoms with Crippen LogP contribution in [-0.4, -0.2) is 68.0 Å². The molecular formula is C20H26F2N4O4. The average Bonchev–Trinajstić information content (AvgIpc) is 3.18. The molecule has 2 fully saturated rings. The van der Waals surface area contributed by atoms with Gasteiger partial charge < -0.3 is 23.8 Å². The topological polar surface area (TPSA) is 70.9 Å². The first kappa shape index (κ1) is 20.8. The summed E-state index contributed by atoms with van der Waals surface area (Å²) in [6.07, 6.45) is 1.95. The van der Waals surface area contributed by atoms with Crippen LogP contribution < -0.4 is 14.4 Å². The van der Waals surface area contributed by atoms with Crippen LogP contribution in [0.4, 0.5) is 14.7 Å². The number of benzene rings is 1. The fraction of sp³-hybridized carbons (Fsp3) is 0.600. The molecule has 0 spiro atoms. The summed E-state index contributed by atoms with van der Waals surface area (Å²) in [4.78, 5) is 2.14. The monoisotopic (exact) mass is 424 g/mol. The molecule has 30 heavy (non-hydrogen) atoms. The van der Waals surface area contributed by atoms with Crippen LogP contribution in [-0.2, 0) is 16.0 Å². The number of aromatic nitrogens is 3. The summed E-state index contributed by atoms with van der Waals surface area (Å²) < 4.78 is 48.6. The Balaban J connectivity index is 1.66. The van der Waals surface area contributed by atoms with E-state index in [2.05, 4.69) is 24.4 Å². The number of hydrogen-bond donors (Lipinski definition) is 0. The molecule has 2 saturated heterocycles. The van der Waals surface area contributed by atoms with Gasteiger partial charge in [-0.25, -0.2) is 0 Å². The second-order valence-electron chi connectivity index (χ2n) is 7.32. The predicted molar refractivity (Wildman–Crippen MR) is 105 cm³/mol. The second kappa shape index (κ2) is 9.57. The van der Waals surface area contributed by atoms with E-state index < -0.39 is 6.61 Å². The van der Waals surface area contributed by atoms with Crippen molar-refractivity contribution in [1.82, 2.24) is 14.8 Å². The smallest absolute Gasteiger partial charge is 0.387 e. The zero-order valence-corrected chi connectivity index (χ0v) is 16.9. The van der Waals surface area contributed by atoms with E-state index in [-0.39, 0.29) is 17.4 Å². The Morgan fingerprint density at radius 3 is 2.67 bits per heavy atom. The number of halogens is 2. The number of nitrogens with zero attached hydrogens (tertiary/aromatic N) is 4. The first-order chi connectivity index (χ1) is 14.7. The molecule has 4 rings (SSSR count). The summed E-state index contributed by atoms with van der Waals surface area (Å²) in [5.74, 6) is 2.02. The minimum Gasteiger partial charge on any atom is -0.493 e. The Morgan fingerprint density at radius 1 is 1.13 bits per heavy atom. The van der Waals surface area contributed by atoms with Gasteiger partial charge in [0, 0.05) is 25.6 Å². The Hall–Kier alpha value is -2.46. The van der Waals surface area contributed by atoms with Gasteiger partial charge in [0.2, 0.25) is 5.95 Å². The highest BCUT2D eigenvalue weighted by molar-refractivity contribution is 5.44. The summed E-state index contributed by atoms with van der Waals surface area (Å²) in [6, 6.07) is 5.05. The van der Waals surface area contributed by atoms with Crippen LogP contribution in [0.3, 0.4) is 0 Å². The van der Waals surface area contributed by atoms with Gasteiger partial charge in [-0.3, -0.25) is 4.57 Å². The highest BCUT2D eigenvalue weighted by atomic mass is 19.3. The van der Waals surface area contributed by atoms with Crippen LogP contribution in [0.1, 0.15) is 30.1 Å². The van der Waals surface area contributed by atoms with Gasteiger partial charge in [-0.2, -0.15) is 8.78 Å². The summed E-state index contributed by atoms with van der Waals surface area (Å²) in [7, 11) is 1.42. The Labute approximate surface area is 173 Å². The number of methoxy groups -OCH3 is 1. The molecule has 0 saturated carbocycles. The van der Waals surface area contributed by atoms with Gasteiger partial charge >= 0.3 is 6.61 Å². The van der Waals surface area contributed by atoms with Crippen molar-refractivity contribution < 1.29 is 27.7 Å². The lowest BCUT2D eigenvalue weighted by atomic mass is 10.0. The van der Waals surface area contributed by atoms with E-state index in [4.69, 9.17) is 14.2 Å². The molecule has 1 aromatic heterocycles. The molecule has 0 amide bonds. The molecule has 0 bridgehead atoms. The molecular weight excluding hydrogens is 398 g/mol. The molecule has 164 valence electrons. The molecule has 0 radical (unpaired) electrons. The van der Waals surface area contributed by atoms with Crippen molar-refractivity contribution in [3.8, 4) is 11.5 Å². The molecule has 1 aromatic carbocycles. The van der Waals surface area contributed by atoms with Crippen LogP contribution in [0.2, 0.25) is 0 Å². The van der Waals surface area contributed by atoms with E-state index in [0.29, 0.717) is 26.4 Å². The van der Waals surface area contributed by atoms with Crippen molar-refractivity contribution >= 4 is 5.95 Å². The maximum atomic E-state index is 12.8. The van der Waals surface area contributed by atoms with E-state index in [0.717, 1.165) is 49.9 Å². The second-order valence-corrected chi connectivity index (χ2v) is 7.32. The number of anilines is 1. The number of morpholine rings is 1. The molecule has 1 unspecified atom stereocenters. The summed E-state index contributed by atoms with van der Waals surface area (Å²) in [6.45, 7) is 1.56. The molecule has 3 heterocycles. The van der Waals surface area contributed by atoms with Crippen molar-refractivity contribution in [2.75, 3.05) is 51.5 Å². The van der Waals surface area contributed by atoms with E-state index in [1.54, 1.807) is 12.1 Å². The van der Waals surface area contributed by atoms with Gasteiger partial charge in [0.1, 0.15) is 5.82 Å². The number of rotatable bonds is 7. The van der Waals surface area contributed by atoms with Crippen molar-refractivity contribution in [3.63, 3.8) is 0 Å². The highest BCUT2D eigenvalue weighted by Crippen LogP contribution is 2.32. The number of alkyl halides is 2. The van der Waals surface area contributed by atoms with Gasteiger partial charge in [-0.1, -0.05) is 6.07 Å². The highest BCUT2D eigenvalue weighted by Gasteiger charge is 2.27. The van der Waals surface area contributed by atoms with Gasteiger partial charge in [0.05, 0.1) is 33.5 Å². The largest absolute Gasteiger partial charge is 0.493 e. The normalized spacial score (nSPS) is 19.9. The van der Waals surface area contributed by atoms with Crippen LogP contribution in [0.5, 0.6) is 11.5 Å². The van der Waals surface area contributed by atoms with Gasteiger partial charge in [0.25, 0.3) is 0 Å². The zero-order chi connectivity index (χ0) is 20.9. The first-order valence-corrected chi connectivity index (χ1v) is 10.1. The van der Waals surface area contributed by atoms with Gasteiger partial charge in [0.15, 0.2) is 11.5 Å². The van der Waals surface area contributed by atoms with Crippen molar-refractivity contribution in [3.05, 3.63) is 29.6 Å². The zero-order valence-electron chi connectivity index (χ0n) is 16.9. The molecule has 10 heteroatoms. The molecule has 0 N–H and O–H groups in total. The molecule has 0 aliphatic carbocycles. The van der Waals surface area contributed by atoms with Gasteiger partial charge in [-0.05, 0) is 30.5 Å². The quantitative estimate of drug-likeness (QED) is 0.677. The van der Waals surface area contributed by atoms with Crippen molar-refractivity contribution in [2.45, 2.75) is 31.9 Å². The lowest BCUT2D eigenvalue weighted by molar-refractivity contribution is -0.0512. The minimum atomic E-state index is -2.93. The third kappa shape index (κ3) is 4.65. The first-order valence-electron chi connectivity index (χ1n) is 10.1. The van der Waals surface area contributed by atoms with Crippen LogP contribution in [0.15, 0.2) is 18.2 Å². The molecule has 8 nitrogen and oxygen atoms in total. The maximum Gasteiger partial charge on any atom is 0.387 e. The predicted octanol–water partition coefficient (Wildman–Crippen LogP) is 2.67. The third-order valence-electron chi connectivity index (χ3n) is 5.36. The van der Waals surface area contributed by atoms with E-state index in [1.807, 2.05) is 6.07 Å². The molecule has 2 aliphatic heterocycles. The van der Waals surface area contributed by atoms with E-state index >= 15 is 0 Å². The van der Waals surface area contributed by atoms with Gasteiger partial charge in [-0.15, -0.1) is 10.2 Å². The van der Waals surface area contributed by atoms with Crippen molar-refractivity contribution in [1.29, 1.82) is 0 Å². The molecule has 2 aromatic rings. The molecule has 1 atom stereocenters. The van der Waals surface area contributed by atoms with E-state index in [1.165, 1.54) is 7.11 Å². The fourth-order valence-corrected chi connectivity index (χ4v) is 3.89. The fourth-order valence-electron chi connectivity index (χ4n) is 3.89. The molecule has 2 aliphatic rings. The standard InChI is InChI=1S/C20H26F2N4O4/c1-27-16-5-4-14(11-17(16)30-19(21)22)12-26-18(15-3-2-8-29-13-15)23-24-20(26)25-6-9-28-10-7-25/h4-5,11,15,19H,2-3,6-10,12-13H2,1H3. The summed E-state index contributed by atoms with van der Waals surface area (Å²) >= 11 is 0. The maximum absolute atomic E-state index is 12.8. The Morgan fingerprint density at radius 2 is 1.97 bits per heavy atom. The minimum absolute atomic E-state index is 0.00791. The van der Waals surface area contributed by atoms with Crippen LogP contribution in [0, 0.1) is 0 Å².